The molecule has 12 amide bonds. The number of carbonyl (C=O) groups is 13. The van der Waals surface area contributed by atoms with Crippen molar-refractivity contribution in [1.82, 2.24) is 58.5 Å². The van der Waals surface area contributed by atoms with E-state index in [9.17, 15) is 68.4 Å². The molecule has 35 heteroatoms. The topological polar surface area (TPSA) is 544 Å². The molecule has 0 aliphatic carbocycles. The first kappa shape index (κ1) is 85.5. The van der Waals surface area contributed by atoms with E-state index in [4.69, 9.17) is 26.7 Å². The summed E-state index contributed by atoms with van der Waals surface area (Å²) < 4.78 is 11.4. The van der Waals surface area contributed by atoms with E-state index in [1.165, 1.54) is 44.2 Å². The predicted molar refractivity (Wildman–Crippen MR) is 360 cm³/mol. The van der Waals surface area contributed by atoms with Gasteiger partial charge in [0, 0.05) is 14.6 Å². The molecule has 1 fully saturated rings. The maximum atomic E-state index is 15.6. The highest BCUT2D eigenvalue weighted by molar-refractivity contribution is 6.76. The Morgan fingerprint density at radius 3 is 1.74 bits per heavy atom. The molecule has 0 radical (unpaired) electrons. The molecule has 1 aromatic rings. The minimum absolute atomic E-state index is 0.0315. The van der Waals surface area contributed by atoms with Crippen LogP contribution in [0.15, 0.2) is 35.3 Å². The van der Waals surface area contributed by atoms with Crippen LogP contribution in [0.25, 0.3) is 0 Å². The second-order valence-electron chi connectivity index (χ2n) is 27.8. The number of nitrogens with two attached hydrogens (primary N) is 3. The monoisotopic (exact) mass is 1410 g/mol. The van der Waals surface area contributed by atoms with Crippen molar-refractivity contribution in [2.75, 3.05) is 19.7 Å². The number of primary amides is 1. The number of aliphatic hydroxyl groups is 4. The summed E-state index contributed by atoms with van der Waals surface area (Å²) in [5.41, 5.74) is 15.4. The molecule has 0 spiro atoms. The molecule has 15 atom stereocenters. The van der Waals surface area contributed by atoms with Crippen LogP contribution in [-0.4, -0.2) is 216 Å². The number of hydrogen-bond acceptors (Lipinski definition) is 20. The summed E-state index contributed by atoms with van der Waals surface area (Å²) in [6, 6.07) is -11.2. The summed E-state index contributed by atoms with van der Waals surface area (Å²) in [6.07, 6.45) is -9.47. The van der Waals surface area contributed by atoms with Gasteiger partial charge in [0.15, 0.2) is 24.2 Å². The largest absolute Gasteiger partial charge is 0.453 e. The minimum atomic E-state index is -2.60. The molecule has 2 unspecified atom stereocenters. The average molecular weight is 1410 g/mol. The summed E-state index contributed by atoms with van der Waals surface area (Å²) >= 11 is 0. The molecular formula is C63H107N15O19Si. The summed E-state index contributed by atoms with van der Waals surface area (Å²) in [7, 11) is -2.25. The van der Waals surface area contributed by atoms with E-state index in [1.54, 1.807) is 62.3 Å². The number of alkyl carbamates (subject to hydrolysis) is 1. The Balaban J connectivity index is 3.19. The number of amides is 12. The van der Waals surface area contributed by atoms with Gasteiger partial charge in [0.1, 0.15) is 60.0 Å². The number of carbonyl (C=O) groups excluding carboxylic acids is 13. The lowest BCUT2D eigenvalue weighted by molar-refractivity contribution is -0.159. The summed E-state index contributed by atoms with van der Waals surface area (Å²) in [4.78, 5) is 189. The third kappa shape index (κ3) is 29.3. The Hall–Kier alpha value is -8.54. The number of hydrogen-bond donors (Lipinski definition) is 18. The normalized spacial score (nSPS) is 23.9. The second-order valence-corrected chi connectivity index (χ2v) is 33.3. The van der Waals surface area contributed by atoms with Gasteiger partial charge in [0.25, 0.3) is 0 Å². The van der Waals surface area contributed by atoms with E-state index in [2.05, 4.69) is 52.8 Å². The van der Waals surface area contributed by atoms with Crippen LogP contribution in [0.2, 0.25) is 25.7 Å². The number of nitrogens with zero attached hydrogens (tertiary/aromatic N) is 1. The first-order chi connectivity index (χ1) is 45.4. The van der Waals surface area contributed by atoms with Crippen molar-refractivity contribution in [3.05, 3.63) is 35.9 Å². The smallest absolute Gasteiger partial charge is 0.408 e. The summed E-state index contributed by atoms with van der Waals surface area (Å²) in [5, 5.41) is 71.1. The molecule has 1 aliphatic rings. The maximum absolute atomic E-state index is 15.6. The fourth-order valence-corrected chi connectivity index (χ4v) is 11.4. The number of rotatable bonds is 24. The van der Waals surface area contributed by atoms with E-state index in [0.717, 1.165) is 6.92 Å². The number of aliphatic imine (C=N–C) groups is 1. The highest BCUT2D eigenvalue weighted by Gasteiger charge is 2.44. The van der Waals surface area contributed by atoms with Gasteiger partial charge in [-0.05, 0) is 88.7 Å². The number of esters is 1. The molecule has 1 heterocycles. The van der Waals surface area contributed by atoms with Gasteiger partial charge < -0.3 is 106 Å². The quantitative estimate of drug-likeness (QED) is 0.0156. The lowest BCUT2D eigenvalue weighted by Gasteiger charge is -2.34. The third-order valence-corrected chi connectivity index (χ3v) is 16.8. The van der Waals surface area contributed by atoms with Crippen LogP contribution in [0.4, 0.5) is 4.79 Å². The third-order valence-electron chi connectivity index (χ3n) is 15.2. The van der Waals surface area contributed by atoms with Crippen LogP contribution < -0.4 is 75.7 Å². The Labute approximate surface area is 572 Å². The molecule has 552 valence electrons. The molecule has 1 aliphatic heterocycles. The van der Waals surface area contributed by atoms with E-state index >= 15 is 14.4 Å². The molecule has 1 aromatic carbocycles. The number of benzene rings is 1. The van der Waals surface area contributed by atoms with Crippen LogP contribution in [-0.2, 0) is 67.0 Å². The Bertz CT molecular complexity index is 2940. The van der Waals surface area contributed by atoms with E-state index in [-0.39, 0.29) is 56.2 Å². The van der Waals surface area contributed by atoms with Gasteiger partial charge in [-0.2, -0.15) is 0 Å². The first-order valence-corrected chi connectivity index (χ1v) is 36.4. The molecule has 0 saturated carbocycles. The molecule has 2 rings (SSSR count). The van der Waals surface area contributed by atoms with Crippen molar-refractivity contribution < 1.29 is 92.2 Å². The van der Waals surface area contributed by atoms with Crippen molar-refractivity contribution in [1.29, 1.82) is 0 Å². The maximum Gasteiger partial charge on any atom is 0.408 e. The van der Waals surface area contributed by atoms with Crippen LogP contribution in [0.5, 0.6) is 0 Å². The van der Waals surface area contributed by atoms with Crippen molar-refractivity contribution in [3.8, 4) is 0 Å². The van der Waals surface area contributed by atoms with Gasteiger partial charge in [-0.15, -0.1) is 0 Å². The van der Waals surface area contributed by atoms with E-state index in [0.29, 0.717) is 0 Å². The number of cyclic esters (lactones) is 1. The SMILES string of the molecule is CC[C@H](C)C1NC(=O)[C@@H](CCCN=C(N)N)NC(=O)[C@H](CC(C)C)NC(=O)[C@H]([C@H](O)C(C)C)NC(=O)[C@@H](NC(=O)[C@H](CC(C)C)NC(=O)[C@@H](C[Si](C)(C)C)NC(=O)OC(C)(C)C)[C@@H](c2ccccc2)OC(=O)[C@H](CO)NC(=O)[C@H]([C@H](O)C(N)=O)NC(=O)CNC(=O)C([C@H](C)O)NC1=O. The molecule has 1 saturated heterocycles. The Kier molecular flexibility index (Phi) is 34.7. The highest BCUT2D eigenvalue weighted by atomic mass is 28.3. The Morgan fingerprint density at radius 2 is 1.22 bits per heavy atom. The molecule has 0 aromatic heterocycles. The number of nitrogens with one attached hydrogen (secondary N) is 11. The number of ether oxygens (including phenoxy) is 2. The van der Waals surface area contributed by atoms with Gasteiger partial charge in [-0.25, -0.2) is 9.59 Å². The predicted octanol–water partition coefficient (Wildman–Crippen LogP) is -3.58. The van der Waals surface area contributed by atoms with Crippen molar-refractivity contribution >= 4 is 91.1 Å². The minimum Gasteiger partial charge on any atom is -0.453 e. The van der Waals surface area contributed by atoms with Gasteiger partial charge in [0.05, 0.1) is 25.4 Å². The fourth-order valence-electron chi connectivity index (χ4n) is 9.90. The zero-order chi connectivity index (χ0) is 74.9. The first-order valence-electron chi connectivity index (χ1n) is 32.7. The van der Waals surface area contributed by atoms with Crippen LogP contribution in [0.1, 0.15) is 127 Å². The molecule has 98 heavy (non-hydrogen) atoms. The van der Waals surface area contributed by atoms with Gasteiger partial charge >= 0.3 is 12.1 Å². The van der Waals surface area contributed by atoms with E-state index in [1.807, 2.05) is 30.3 Å². The van der Waals surface area contributed by atoms with Crippen molar-refractivity contribution in [3.63, 3.8) is 0 Å². The van der Waals surface area contributed by atoms with Gasteiger partial charge in [-0.1, -0.05) is 112 Å². The highest BCUT2D eigenvalue weighted by Crippen LogP contribution is 2.25. The standard InChI is InChI=1S/C63H107N15O19Si/c1-16-33(8)42-56(90)76-43(34(9)80)55(89)68-27-41(81)74-45(48(83)50(64)84)58(92)72-39(28-79)60(94)96-49(35-21-18-17-19-22-35)46(78-53(87)38(26-31(4)5)70-54(88)40(29-98(13,14)15)73-62(95)97-63(10,11)12)59(93)77-44(47(82)32(6)7)57(91)71-37(25-30(2)3)52(86)69-36(51(85)75-42)23-20-24-67-61(65)66/h17-19,21-22,30-34,36-40,42-49,79-80,82-83H,16,20,23-29H2,1-15H3,(H2,64,84)(H,68,89)(H,69,86)(H,70,88)(H,71,91)(H,72,92)(H,73,95)(H,74,81)(H,75,85)(H,76,90)(H,77,93)(H,78,87)(H4,65,66,67)/t33-,34-,36+,37-,38-,39-,40+,42?,43?,44-,45-,46-,47+,48-,49+/m0/s1. The average Bonchev–Trinajstić information content (AvgIpc) is 0.824. The van der Waals surface area contributed by atoms with Crippen LogP contribution in [0, 0.1) is 23.7 Å². The van der Waals surface area contributed by atoms with Crippen molar-refractivity contribution in [2.45, 2.75) is 231 Å². The molecule has 21 N–H and O–H groups in total. The lowest BCUT2D eigenvalue weighted by atomic mass is 9.95. The zero-order valence-corrected chi connectivity index (χ0v) is 59.7. The second kappa shape index (κ2) is 39.8. The summed E-state index contributed by atoms with van der Waals surface area (Å²) in [6.45, 7) is 22.2. The molecule has 0 bridgehead atoms. The molecular weight excluding hydrogens is 1300 g/mol. The zero-order valence-electron chi connectivity index (χ0n) is 58.7. The van der Waals surface area contributed by atoms with Crippen LogP contribution in [0.3, 0.4) is 0 Å². The fraction of sp³-hybridized carbons (Fsp3) is 0.683. The van der Waals surface area contributed by atoms with E-state index < -0.39 is 212 Å². The van der Waals surface area contributed by atoms with Gasteiger partial charge in [0.2, 0.25) is 65.0 Å². The number of guanidine groups is 1. The number of aliphatic hydroxyl groups excluding tert-OH is 4. The van der Waals surface area contributed by atoms with Gasteiger partial charge in [-0.3, -0.25) is 57.7 Å². The summed E-state index contributed by atoms with van der Waals surface area (Å²) in [5.74, 6) is -17.7. The van der Waals surface area contributed by atoms with Crippen molar-refractivity contribution in [2.24, 2.45) is 45.9 Å². The molecule has 34 nitrogen and oxygen atoms in total. The van der Waals surface area contributed by atoms with Crippen LogP contribution >= 0.6 is 0 Å². The lowest BCUT2D eigenvalue weighted by Crippen LogP contribution is -2.64. The Morgan fingerprint density at radius 1 is 0.673 bits per heavy atom.